The minimum absolute atomic E-state index is 0.181. The van der Waals surface area contributed by atoms with Crippen LogP contribution in [0.25, 0.3) is 0 Å². The lowest BCUT2D eigenvalue weighted by Gasteiger charge is -2.34. The molecule has 1 saturated heterocycles. The Labute approximate surface area is 139 Å². The molecule has 1 N–H and O–H groups in total. The molecule has 2 heterocycles. The number of hydrogen-bond acceptors (Lipinski definition) is 4. The summed E-state index contributed by atoms with van der Waals surface area (Å²) in [6, 6.07) is 4.12. The maximum absolute atomic E-state index is 12.2. The standard InChI is InChI=1S/C18H30N2O3/c1-14(16-8-6-12-22-16)19-10-9-15-7-5-11-20(13-15)17(21)23-18(2,3)4/h6,8,12,14-15,19H,5,7,9-11,13H2,1-4H3. The summed E-state index contributed by atoms with van der Waals surface area (Å²) in [5.41, 5.74) is -0.427. The Morgan fingerprint density at radius 2 is 2.30 bits per heavy atom. The fourth-order valence-corrected chi connectivity index (χ4v) is 2.94. The number of carbonyl (C=O) groups excluding carboxylic acids is 1. The van der Waals surface area contributed by atoms with Gasteiger partial charge >= 0.3 is 6.09 Å². The first kappa shape index (κ1) is 17.9. The molecule has 0 aromatic carbocycles. The fraction of sp³-hybridized carbons (Fsp3) is 0.722. The van der Waals surface area contributed by atoms with Gasteiger partial charge in [-0.25, -0.2) is 4.79 Å². The monoisotopic (exact) mass is 322 g/mol. The Morgan fingerprint density at radius 3 is 2.96 bits per heavy atom. The Kier molecular flexibility index (Phi) is 6.10. The van der Waals surface area contributed by atoms with Gasteiger partial charge in [0, 0.05) is 13.1 Å². The van der Waals surface area contributed by atoms with E-state index in [1.54, 1.807) is 6.26 Å². The van der Waals surface area contributed by atoms with Gasteiger partial charge in [-0.1, -0.05) is 0 Å². The van der Waals surface area contributed by atoms with Crippen LogP contribution in [0.2, 0.25) is 0 Å². The van der Waals surface area contributed by atoms with E-state index in [1.807, 2.05) is 37.8 Å². The molecule has 2 rings (SSSR count). The van der Waals surface area contributed by atoms with E-state index in [4.69, 9.17) is 9.15 Å². The zero-order valence-electron chi connectivity index (χ0n) is 14.8. The lowest BCUT2D eigenvalue weighted by Crippen LogP contribution is -2.43. The lowest BCUT2D eigenvalue weighted by atomic mass is 9.95. The molecule has 23 heavy (non-hydrogen) atoms. The molecule has 2 unspecified atom stereocenters. The molecule has 5 nitrogen and oxygen atoms in total. The van der Waals surface area contributed by atoms with Crippen LogP contribution in [0.3, 0.4) is 0 Å². The zero-order chi connectivity index (χ0) is 16.9. The molecule has 1 aliphatic heterocycles. The Morgan fingerprint density at radius 1 is 1.52 bits per heavy atom. The average Bonchev–Trinajstić information content (AvgIpc) is 3.00. The fourth-order valence-electron chi connectivity index (χ4n) is 2.94. The Balaban J connectivity index is 1.72. The molecular weight excluding hydrogens is 292 g/mol. The number of nitrogens with zero attached hydrogens (tertiary/aromatic N) is 1. The summed E-state index contributed by atoms with van der Waals surface area (Å²) in [5.74, 6) is 1.50. The average molecular weight is 322 g/mol. The summed E-state index contributed by atoms with van der Waals surface area (Å²) in [4.78, 5) is 14.0. The molecule has 1 aliphatic rings. The summed E-state index contributed by atoms with van der Waals surface area (Å²) in [6.45, 7) is 10.4. The first-order valence-corrected chi connectivity index (χ1v) is 8.60. The van der Waals surface area contributed by atoms with Crippen LogP contribution in [0, 0.1) is 5.92 Å². The van der Waals surface area contributed by atoms with Crippen LogP contribution in [0.5, 0.6) is 0 Å². The van der Waals surface area contributed by atoms with E-state index in [0.29, 0.717) is 5.92 Å². The van der Waals surface area contributed by atoms with Crippen molar-refractivity contribution in [2.24, 2.45) is 5.92 Å². The third-order valence-corrected chi connectivity index (χ3v) is 4.14. The third-order valence-electron chi connectivity index (χ3n) is 4.14. The minimum Gasteiger partial charge on any atom is -0.468 e. The third kappa shape index (κ3) is 5.90. The van der Waals surface area contributed by atoms with Crippen LogP contribution in [0.4, 0.5) is 4.79 Å². The van der Waals surface area contributed by atoms with Crippen LogP contribution in [-0.2, 0) is 4.74 Å². The van der Waals surface area contributed by atoms with Gasteiger partial charge < -0.3 is 19.4 Å². The van der Waals surface area contributed by atoms with Gasteiger partial charge in [0.2, 0.25) is 0 Å². The van der Waals surface area contributed by atoms with Crippen molar-refractivity contribution in [1.29, 1.82) is 0 Å². The maximum atomic E-state index is 12.2. The van der Waals surface area contributed by atoms with E-state index >= 15 is 0 Å². The number of ether oxygens (including phenoxy) is 1. The van der Waals surface area contributed by atoms with E-state index in [0.717, 1.165) is 38.2 Å². The summed E-state index contributed by atoms with van der Waals surface area (Å²) in [7, 11) is 0. The summed E-state index contributed by atoms with van der Waals surface area (Å²) < 4.78 is 10.9. The molecule has 1 amide bonds. The molecule has 1 aromatic heterocycles. The first-order chi connectivity index (χ1) is 10.8. The molecule has 0 spiro atoms. The van der Waals surface area contributed by atoms with Crippen LogP contribution in [0.1, 0.15) is 58.8 Å². The number of furan rings is 1. The number of piperidine rings is 1. The number of hydrogen-bond donors (Lipinski definition) is 1. The number of rotatable bonds is 5. The van der Waals surface area contributed by atoms with Gasteiger partial charge in [0.25, 0.3) is 0 Å². The van der Waals surface area contributed by atoms with Crippen LogP contribution in [0.15, 0.2) is 22.8 Å². The zero-order valence-corrected chi connectivity index (χ0v) is 14.8. The molecule has 0 radical (unpaired) electrons. The van der Waals surface area contributed by atoms with Crippen LogP contribution in [-0.4, -0.2) is 36.2 Å². The second-order valence-electron chi connectivity index (χ2n) is 7.41. The molecule has 0 bridgehead atoms. The molecule has 130 valence electrons. The Hall–Kier alpha value is -1.49. The first-order valence-electron chi connectivity index (χ1n) is 8.60. The van der Waals surface area contributed by atoms with Crippen molar-refractivity contribution in [3.05, 3.63) is 24.2 Å². The second-order valence-corrected chi connectivity index (χ2v) is 7.41. The molecule has 1 aromatic rings. The molecule has 1 fully saturated rings. The summed E-state index contributed by atoms with van der Waals surface area (Å²) in [5, 5.41) is 3.49. The van der Waals surface area contributed by atoms with Crippen molar-refractivity contribution in [3.63, 3.8) is 0 Å². The van der Waals surface area contributed by atoms with Gasteiger partial charge in [-0.05, 0) is 71.6 Å². The number of likely N-dealkylation sites (tertiary alicyclic amines) is 1. The summed E-state index contributed by atoms with van der Waals surface area (Å²) >= 11 is 0. The highest BCUT2D eigenvalue weighted by atomic mass is 16.6. The highest BCUT2D eigenvalue weighted by Gasteiger charge is 2.27. The second kappa shape index (κ2) is 7.86. The van der Waals surface area contributed by atoms with Crippen molar-refractivity contribution in [3.8, 4) is 0 Å². The quantitative estimate of drug-likeness (QED) is 0.891. The number of carbonyl (C=O) groups is 1. The van der Waals surface area contributed by atoms with Crippen LogP contribution >= 0.6 is 0 Å². The van der Waals surface area contributed by atoms with Crippen molar-refractivity contribution < 1.29 is 13.9 Å². The Bertz CT molecular complexity index is 479. The van der Waals surface area contributed by atoms with Gasteiger partial charge in [0.1, 0.15) is 11.4 Å². The van der Waals surface area contributed by atoms with Gasteiger partial charge in [-0.15, -0.1) is 0 Å². The van der Waals surface area contributed by atoms with E-state index in [2.05, 4.69) is 12.2 Å². The van der Waals surface area contributed by atoms with E-state index < -0.39 is 5.60 Å². The van der Waals surface area contributed by atoms with Crippen LogP contribution < -0.4 is 5.32 Å². The highest BCUT2D eigenvalue weighted by Crippen LogP contribution is 2.22. The predicted octanol–water partition coefficient (Wildman–Crippen LogP) is 3.97. The van der Waals surface area contributed by atoms with Crippen molar-refractivity contribution in [2.45, 2.75) is 58.6 Å². The molecule has 5 heteroatoms. The molecule has 0 saturated carbocycles. The molecule has 2 atom stereocenters. The van der Waals surface area contributed by atoms with E-state index in [-0.39, 0.29) is 12.1 Å². The van der Waals surface area contributed by atoms with Gasteiger partial charge in [0.05, 0.1) is 12.3 Å². The van der Waals surface area contributed by atoms with Crippen molar-refractivity contribution >= 4 is 6.09 Å². The lowest BCUT2D eigenvalue weighted by molar-refractivity contribution is 0.0161. The summed E-state index contributed by atoms with van der Waals surface area (Å²) in [6.07, 6.45) is 4.81. The molecule has 0 aliphatic carbocycles. The normalized spacial score (nSPS) is 20.3. The topological polar surface area (TPSA) is 54.7 Å². The maximum Gasteiger partial charge on any atom is 0.410 e. The number of amides is 1. The van der Waals surface area contributed by atoms with Crippen molar-refractivity contribution in [1.82, 2.24) is 10.2 Å². The van der Waals surface area contributed by atoms with E-state index in [9.17, 15) is 4.79 Å². The van der Waals surface area contributed by atoms with Gasteiger partial charge in [0.15, 0.2) is 0 Å². The van der Waals surface area contributed by atoms with Crippen molar-refractivity contribution in [2.75, 3.05) is 19.6 Å². The van der Waals surface area contributed by atoms with Gasteiger partial charge in [-0.3, -0.25) is 0 Å². The van der Waals surface area contributed by atoms with E-state index in [1.165, 1.54) is 6.42 Å². The smallest absolute Gasteiger partial charge is 0.410 e. The largest absolute Gasteiger partial charge is 0.468 e. The predicted molar refractivity (Wildman–Crippen MR) is 90.3 cm³/mol. The molecular formula is C18H30N2O3. The van der Waals surface area contributed by atoms with Gasteiger partial charge in [-0.2, -0.15) is 0 Å². The number of nitrogens with one attached hydrogen (secondary N) is 1. The minimum atomic E-state index is -0.427. The SMILES string of the molecule is CC(NCCC1CCCN(C(=O)OC(C)(C)C)C1)c1ccco1. The highest BCUT2D eigenvalue weighted by molar-refractivity contribution is 5.68.